The minimum atomic E-state index is -0.738. The molecule has 0 radical (unpaired) electrons. The van der Waals surface area contributed by atoms with E-state index in [-0.39, 0.29) is 11.2 Å². The normalized spacial score (nSPS) is 11.2. The summed E-state index contributed by atoms with van der Waals surface area (Å²) < 4.78 is 30.2. The molecule has 0 saturated carbocycles. The molecule has 0 amide bonds. The van der Waals surface area contributed by atoms with Gasteiger partial charge in [0.1, 0.15) is 17.2 Å². The predicted octanol–water partition coefficient (Wildman–Crippen LogP) is 3.25. The van der Waals surface area contributed by atoms with Crippen LogP contribution in [0, 0.1) is 11.6 Å². The fourth-order valence-electron chi connectivity index (χ4n) is 2.27. The molecule has 3 aromatic rings. The van der Waals surface area contributed by atoms with Crippen LogP contribution in [0.2, 0.25) is 0 Å². The molecular weight excluding hydrogens is 344 g/mol. The van der Waals surface area contributed by atoms with E-state index in [9.17, 15) is 13.6 Å². The highest BCUT2D eigenvalue weighted by atomic mass is 79.9. The lowest BCUT2D eigenvalue weighted by Crippen LogP contribution is -2.22. The molecular formula is C14H10BrF2N3O. The number of aromatic nitrogens is 3. The van der Waals surface area contributed by atoms with Crippen LogP contribution < -0.4 is 5.56 Å². The third-order valence-electron chi connectivity index (χ3n) is 3.21. The van der Waals surface area contributed by atoms with E-state index in [1.54, 1.807) is 6.07 Å². The lowest BCUT2D eigenvalue weighted by Gasteiger charge is -2.10. The van der Waals surface area contributed by atoms with Crippen LogP contribution in [0.4, 0.5) is 8.78 Å². The summed E-state index contributed by atoms with van der Waals surface area (Å²) in [5.41, 5.74) is 0.334. The first-order valence-electron chi connectivity index (χ1n) is 6.25. The van der Waals surface area contributed by atoms with Gasteiger partial charge in [-0.2, -0.15) is 5.10 Å². The minimum Gasteiger partial charge on any atom is -0.292 e. The number of fused-ring (bicyclic) bond motifs is 1. The van der Waals surface area contributed by atoms with E-state index in [0.29, 0.717) is 22.1 Å². The van der Waals surface area contributed by atoms with Crippen molar-refractivity contribution >= 4 is 27.0 Å². The van der Waals surface area contributed by atoms with Gasteiger partial charge in [-0.1, -0.05) is 0 Å². The molecule has 3 rings (SSSR count). The molecule has 0 saturated heterocycles. The van der Waals surface area contributed by atoms with Crippen molar-refractivity contribution in [2.75, 3.05) is 0 Å². The summed E-state index contributed by atoms with van der Waals surface area (Å²) in [4.78, 5) is 12.2. The van der Waals surface area contributed by atoms with Crippen LogP contribution in [0.1, 0.15) is 6.92 Å². The summed E-state index contributed by atoms with van der Waals surface area (Å²) in [6, 6.07) is 4.87. The average Bonchev–Trinajstić information content (AvgIpc) is 2.83. The molecule has 0 unspecified atom stereocenters. The van der Waals surface area contributed by atoms with Gasteiger partial charge in [-0.3, -0.25) is 9.36 Å². The number of halogens is 3. The Morgan fingerprint density at radius 2 is 2.05 bits per heavy atom. The van der Waals surface area contributed by atoms with Crippen molar-refractivity contribution in [2.45, 2.75) is 13.5 Å². The first-order chi connectivity index (χ1) is 10.0. The van der Waals surface area contributed by atoms with E-state index >= 15 is 0 Å². The number of hydrogen-bond acceptors (Lipinski definition) is 2. The van der Waals surface area contributed by atoms with Gasteiger partial charge < -0.3 is 0 Å². The molecule has 0 aliphatic rings. The number of nitrogens with zero attached hydrogens (tertiary/aromatic N) is 3. The molecule has 2 heterocycles. The lowest BCUT2D eigenvalue weighted by molar-refractivity contribution is 0.573. The third-order valence-corrected chi connectivity index (χ3v) is 3.78. The van der Waals surface area contributed by atoms with Crippen molar-refractivity contribution < 1.29 is 8.78 Å². The smallest absolute Gasteiger partial charge is 0.266 e. The second kappa shape index (κ2) is 5.07. The van der Waals surface area contributed by atoms with Gasteiger partial charge in [0.2, 0.25) is 0 Å². The molecule has 0 aliphatic carbocycles. The second-order valence-corrected chi connectivity index (χ2v) is 5.33. The zero-order valence-electron chi connectivity index (χ0n) is 11.0. The van der Waals surface area contributed by atoms with Gasteiger partial charge in [-0.15, -0.1) is 0 Å². The molecule has 2 aromatic heterocycles. The van der Waals surface area contributed by atoms with E-state index in [2.05, 4.69) is 21.0 Å². The summed E-state index contributed by atoms with van der Waals surface area (Å²) in [6.45, 7) is 2.22. The zero-order valence-corrected chi connectivity index (χ0v) is 12.6. The fraction of sp³-hybridized carbons (Fsp3) is 0.143. The second-order valence-electron chi connectivity index (χ2n) is 4.47. The molecule has 4 nitrogen and oxygen atoms in total. The van der Waals surface area contributed by atoms with Gasteiger partial charge in [-0.25, -0.2) is 13.5 Å². The van der Waals surface area contributed by atoms with Gasteiger partial charge in [0, 0.05) is 18.0 Å². The summed E-state index contributed by atoms with van der Waals surface area (Å²) in [7, 11) is 0. The van der Waals surface area contributed by atoms with E-state index in [0.717, 1.165) is 12.1 Å². The Bertz CT molecular complexity index is 901. The summed E-state index contributed by atoms with van der Waals surface area (Å²) in [5.74, 6) is -1.40. The van der Waals surface area contributed by atoms with E-state index in [4.69, 9.17) is 0 Å². The Balaban J connectivity index is 2.39. The maximum absolute atomic E-state index is 14.0. The Morgan fingerprint density at radius 3 is 2.71 bits per heavy atom. The number of benzene rings is 1. The average molecular weight is 354 g/mol. The highest BCUT2D eigenvalue weighted by Gasteiger charge is 2.15. The Kier molecular flexibility index (Phi) is 3.36. The Hall–Kier alpha value is -2.02. The number of aryl methyl sites for hydroxylation is 1. The van der Waals surface area contributed by atoms with Crippen molar-refractivity contribution in [2.24, 2.45) is 0 Å². The monoisotopic (exact) mass is 353 g/mol. The molecule has 7 heteroatoms. The summed E-state index contributed by atoms with van der Waals surface area (Å²) >= 11 is 3.20. The van der Waals surface area contributed by atoms with Crippen LogP contribution in [-0.2, 0) is 6.54 Å². The van der Waals surface area contributed by atoms with Gasteiger partial charge in [0.05, 0.1) is 10.7 Å². The van der Waals surface area contributed by atoms with Crippen molar-refractivity contribution in [1.82, 2.24) is 14.3 Å². The SMILES string of the molecule is CCn1c(=O)c(Br)cc2cnn(-c3ccc(F)cc3F)c21. The molecule has 1 aromatic carbocycles. The highest BCUT2D eigenvalue weighted by molar-refractivity contribution is 9.10. The molecule has 0 bridgehead atoms. The third kappa shape index (κ3) is 2.17. The summed E-state index contributed by atoms with van der Waals surface area (Å²) in [6.07, 6.45) is 1.54. The van der Waals surface area contributed by atoms with Crippen molar-refractivity contribution in [1.29, 1.82) is 0 Å². The predicted molar refractivity (Wildman–Crippen MR) is 78.6 cm³/mol. The van der Waals surface area contributed by atoms with Gasteiger partial charge >= 0.3 is 0 Å². The molecule has 0 aliphatic heterocycles. The number of hydrogen-bond donors (Lipinski definition) is 0. The Labute approximate surface area is 126 Å². The summed E-state index contributed by atoms with van der Waals surface area (Å²) in [5, 5.41) is 4.81. The van der Waals surface area contributed by atoms with Gasteiger partial charge in [0.15, 0.2) is 5.82 Å². The molecule has 108 valence electrons. The van der Waals surface area contributed by atoms with Crippen LogP contribution >= 0.6 is 15.9 Å². The minimum absolute atomic E-state index is 0.0929. The molecule has 21 heavy (non-hydrogen) atoms. The first-order valence-corrected chi connectivity index (χ1v) is 7.04. The van der Waals surface area contributed by atoms with Crippen molar-refractivity contribution in [3.05, 3.63) is 56.9 Å². The first kappa shape index (κ1) is 13.9. The molecule has 0 spiro atoms. The van der Waals surface area contributed by atoms with Crippen molar-refractivity contribution in [3.63, 3.8) is 0 Å². The highest BCUT2D eigenvalue weighted by Crippen LogP contribution is 2.22. The standard InChI is InChI=1S/C14H10BrF2N3O/c1-2-19-13-8(5-10(15)14(19)21)7-18-20(13)12-4-3-9(16)6-11(12)17/h3-7H,2H2,1H3. The number of rotatable bonds is 2. The lowest BCUT2D eigenvalue weighted by atomic mass is 10.3. The van der Waals surface area contributed by atoms with Crippen molar-refractivity contribution in [3.8, 4) is 5.69 Å². The molecule has 0 atom stereocenters. The van der Waals surface area contributed by atoms with Crippen LogP contribution in [0.15, 0.2) is 39.7 Å². The van der Waals surface area contributed by atoms with E-state index < -0.39 is 11.6 Å². The van der Waals surface area contributed by atoms with Crippen LogP contribution in [0.5, 0.6) is 0 Å². The van der Waals surface area contributed by atoms with Crippen LogP contribution in [0.3, 0.4) is 0 Å². The van der Waals surface area contributed by atoms with Crippen LogP contribution in [0.25, 0.3) is 16.7 Å². The van der Waals surface area contributed by atoms with Gasteiger partial charge in [0.25, 0.3) is 5.56 Å². The zero-order chi connectivity index (χ0) is 15.1. The topological polar surface area (TPSA) is 39.8 Å². The largest absolute Gasteiger partial charge is 0.292 e. The maximum Gasteiger partial charge on any atom is 0.266 e. The number of pyridine rings is 1. The molecule has 0 fully saturated rings. The Morgan fingerprint density at radius 1 is 1.29 bits per heavy atom. The van der Waals surface area contributed by atoms with E-state index in [1.807, 2.05) is 6.92 Å². The maximum atomic E-state index is 14.0. The quantitative estimate of drug-likeness (QED) is 0.709. The molecule has 0 N–H and O–H groups in total. The van der Waals surface area contributed by atoms with Crippen LogP contribution in [-0.4, -0.2) is 14.3 Å². The fourth-order valence-corrected chi connectivity index (χ4v) is 2.73. The van der Waals surface area contributed by atoms with E-state index in [1.165, 1.54) is 21.5 Å². The van der Waals surface area contributed by atoms with Gasteiger partial charge in [-0.05, 0) is 41.1 Å².